The second-order valence-corrected chi connectivity index (χ2v) is 14.2. The summed E-state index contributed by atoms with van der Waals surface area (Å²) in [6.45, 7) is 4.50. The second-order valence-electron chi connectivity index (χ2n) is 14.2. The Morgan fingerprint density at radius 1 is 0.442 bits per heavy atom. The van der Waals surface area contributed by atoms with E-state index in [1.165, 1.54) is 89.9 Å². The van der Waals surface area contributed by atoms with Crippen LogP contribution in [0.1, 0.15) is 142 Å². The summed E-state index contributed by atoms with van der Waals surface area (Å²) in [5, 5.41) is 6.13. The fraction of sp³-hybridized carbons (Fsp3) is 0.478. The van der Waals surface area contributed by atoms with Crippen LogP contribution in [0, 0.1) is 0 Å². The number of hydrogen-bond acceptors (Lipinski definition) is 4. The van der Waals surface area contributed by atoms with Crippen molar-refractivity contribution in [1.29, 1.82) is 0 Å². The van der Waals surface area contributed by atoms with Gasteiger partial charge in [-0.25, -0.2) is 9.97 Å². The number of unbranched alkanes of at least 4 members (excludes halogenated alkanes) is 16. The van der Waals surface area contributed by atoms with Crippen molar-refractivity contribution < 1.29 is 9.59 Å². The summed E-state index contributed by atoms with van der Waals surface area (Å²) in [7, 11) is 0. The van der Waals surface area contributed by atoms with Crippen molar-refractivity contribution in [1.82, 2.24) is 9.97 Å². The number of amides is 2. The van der Waals surface area contributed by atoms with Crippen LogP contribution in [0.25, 0.3) is 33.9 Å². The van der Waals surface area contributed by atoms with Crippen LogP contribution in [-0.4, -0.2) is 21.8 Å². The predicted molar refractivity (Wildman–Crippen MR) is 219 cm³/mol. The lowest BCUT2D eigenvalue weighted by molar-refractivity contribution is -0.117. The molecule has 6 nitrogen and oxygen atoms in total. The summed E-state index contributed by atoms with van der Waals surface area (Å²) in [6, 6.07) is 27.8. The number of carbonyl (C=O) groups is 2. The summed E-state index contributed by atoms with van der Waals surface area (Å²) in [4.78, 5) is 35.1. The number of benzene rings is 3. The highest BCUT2D eigenvalue weighted by atomic mass is 16.2. The molecule has 278 valence electrons. The van der Waals surface area contributed by atoms with Gasteiger partial charge < -0.3 is 10.6 Å². The second kappa shape index (κ2) is 24.0. The first-order valence-electron chi connectivity index (χ1n) is 20.3. The van der Waals surface area contributed by atoms with Crippen LogP contribution in [0.15, 0.2) is 84.9 Å². The zero-order valence-electron chi connectivity index (χ0n) is 31.9. The fourth-order valence-electron chi connectivity index (χ4n) is 6.55. The molecule has 3 aromatic carbocycles. The molecule has 52 heavy (non-hydrogen) atoms. The molecule has 6 heteroatoms. The van der Waals surface area contributed by atoms with E-state index < -0.39 is 0 Å². The summed E-state index contributed by atoms with van der Waals surface area (Å²) in [6.07, 6.45) is 23.4. The number of hydrogen-bond donors (Lipinski definition) is 2. The third kappa shape index (κ3) is 15.1. The van der Waals surface area contributed by atoms with E-state index in [-0.39, 0.29) is 11.8 Å². The first kappa shape index (κ1) is 40.5. The van der Waals surface area contributed by atoms with Gasteiger partial charge in [-0.1, -0.05) is 171 Å². The lowest BCUT2D eigenvalue weighted by Gasteiger charge is -2.11. The Bertz CT molecular complexity index is 1490. The molecule has 0 bridgehead atoms. The van der Waals surface area contributed by atoms with Crippen molar-refractivity contribution in [3.8, 4) is 33.9 Å². The number of carbonyl (C=O) groups excluding carboxylic acids is 2. The molecular formula is C46H62N4O2. The van der Waals surface area contributed by atoms with Gasteiger partial charge in [0.15, 0.2) is 5.82 Å². The predicted octanol–water partition coefficient (Wildman–Crippen LogP) is 13.2. The highest BCUT2D eigenvalue weighted by Gasteiger charge is 2.12. The number of rotatable bonds is 25. The minimum Gasteiger partial charge on any atom is -0.326 e. The van der Waals surface area contributed by atoms with Gasteiger partial charge in [0, 0.05) is 40.9 Å². The minimum absolute atomic E-state index is 0.0644. The molecule has 0 aliphatic heterocycles. The third-order valence-electron chi connectivity index (χ3n) is 9.70. The van der Waals surface area contributed by atoms with Gasteiger partial charge in [-0.3, -0.25) is 9.59 Å². The van der Waals surface area contributed by atoms with Crippen molar-refractivity contribution in [3.63, 3.8) is 0 Å². The largest absolute Gasteiger partial charge is 0.326 e. The van der Waals surface area contributed by atoms with Gasteiger partial charge in [-0.05, 0) is 43.2 Å². The average molecular weight is 703 g/mol. The van der Waals surface area contributed by atoms with Crippen molar-refractivity contribution in [2.75, 3.05) is 10.6 Å². The molecular weight excluding hydrogens is 641 g/mol. The Balaban J connectivity index is 1.31. The van der Waals surface area contributed by atoms with Gasteiger partial charge in [0.1, 0.15) is 0 Å². The van der Waals surface area contributed by atoms with E-state index in [2.05, 4.69) is 24.5 Å². The normalized spacial score (nSPS) is 11.0. The molecule has 0 fully saturated rings. The molecule has 0 saturated heterocycles. The van der Waals surface area contributed by atoms with Gasteiger partial charge in [0.2, 0.25) is 11.8 Å². The van der Waals surface area contributed by atoms with E-state index in [1.54, 1.807) is 0 Å². The van der Waals surface area contributed by atoms with Crippen LogP contribution >= 0.6 is 0 Å². The monoisotopic (exact) mass is 702 g/mol. The highest BCUT2D eigenvalue weighted by molar-refractivity contribution is 5.91. The lowest BCUT2D eigenvalue weighted by Crippen LogP contribution is -2.11. The lowest BCUT2D eigenvalue weighted by atomic mass is 10.1. The Morgan fingerprint density at radius 3 is 1.19 bits per heavy atom. The van der Waals surface area contributed by atoms with Crippen LogP contribution in [0.5, 0.6) is 0 Å². The quantitative estimate of drug-likeness (QED) is 0.0673. The smallest absolute Gasteiger partial charge is 0.224 e. The molecule has 2 N–H and O–H groups in total. The van der Waals surface area contributed by atoms with E-state index in [0.717, 1.165) is 65.1 Å². The molecule has 1 aromatic heterocycles. The summed E-state index contributed by atoms with van der Waals surface area (Å²) >= 11 is 0. The highest BCUT2D eigenvalue weighted by Crippen LogP contribution is 2.29. The number of nitrogens with zero attached hydrogens (tertiary/aromatic N) is 2. The molecule has 1 heterocycles. The van der Waals surface area contributed by atoms with Crippen LogP contribution in [-0.2, 0) is 9.59 Å². The topological polar surface area (TPSA) is 84.0 Å². The number of anilines is 2. The van der Waals surface area contributed by atoms with Crippen LogP contribution < -0.4 is 10.6 Å². The molecule has 0 spiro atoms. The fourth-order valence-corrected chi connectivity index (χ4v) is 6.55. The Morgan fingerprint density at radius 2 is 0.808 bits per heavy atom. The summed E-state index contributed by atoms with van der Waals surface area (Å²) in [5.74, 6) is 0.772. The molecule has 0 saturated carbocycles. The molecule has 2 amide bonds. The van der Waals surface area contributed by atoms with E-state index >= 15 is 0 Å². The van der Waals surface area contributed by atoms with Gasteiger partial charge in [-0.15, -0.1) is 0 Å². The van der Waals surface area contributed by atoms with Crippen LogP contribution in [0.3, 0.4) is 0 Å². The van der Waals surface area contributed by atoms with Crippen LogP contribution in [0.2, 0.25) is 0 Å². The Labute approximate surface area is 313 Å². The zero-order chi connectivity index (χ0) is 36.6. The van der Waals surface area contributed by atoms with E-state index in [4.69, 9.17) is 9.97 Å². The molecule has 0 aliphatic rings. The van der Waals surface area contributed by atoms with Gasteiger partial charge >= 0.3 is 0 Å². The van der Waals surface area contributed by atoms with Gasteiger partial charge in [0.05, 0.1) is 11.4 Å². The average Bonchev–Trinajstić information content (AvgIpc) is 3.17. The van der Waals surface area contributed by atoms with E-state index in [0.29, 0.717) is 18.7 Å². The Kier molecular flexibility index (Phi) is 18.7. The Hall–Kier alpha value is -4.32. The van der Waals surface area contributed by atoms with Crippen molar-refractivity contribution in [2.45, 2.75) is 142 Å². The maximum absolute atomic E-state index is 12.6. The summed E-state index contributed by atoms with van der Waals surface area (Å²) in [5.41, 5.74) is 6.00. The standard InChI is InChI=1S/C46H62N4O2/c1-3-5-7-9-11-13-15-17-22-26-44(51)47-40-32-28-37(29-33-40)42-36-43(50-46(49-42)39-24-20-19-21-25-39)38-30-34-41(35-31-38)48-45(52)27-23-18-16-14-12-10-8-6-4-2/h19-21,24-25,28-36H,3-18,22-23,26-27H2,1-2H3,(H,47,51)(H,48,52). The van der Waals surface area contributed by atoms with Crippen molar-refractivity contribution in [3.05, 3.63) is 84.9 Å². The third-order valence-corrected chi connectivity index (χ3v) is 9.70. The molecule has 4 rings (SSSR count). The van der Waals surface area contributed by atoms with Crippen molar-refractivity contribution in [2.24, 2.45) is 0 Å². The SMILES string of the molecule is CCCCCCCCCCCC(=O)Nc1ccc(-c2cc(-c3ccc(NC(=O)CCCCCCCCCCC)cc3)nc(-c3ccccc3)n2)cc1. The first-order valence-corrected chi connectivity index (χ1v) is 20.3. The summed E-state index contributed by atoms with van der Waals surface area (Å²) < 4.78 is 0. The molecule has 0 atom stereocenters. The molecule has 0 aliphatic carbocycles. The zero-order valence-corrected chi connectivity index (χ0v) is 31.9. The first-order chi connectivity index (χ1) is 25.6. The molecule has 0 radical (unpaired) electrons. The maximum Gasteiger partial charge on any atom is 0.224 e. The maximum atomic E-state index is 12.6. The van der Waals surface area contributed by atoms with Gasteiger partial charge in [0.25, 0.3) is 0 Å². The molecule has 4 aromatic rings. The minimum atomic E-state index is 0.0644. The van der Waals surface area contributed by atoms with Crippen LogP contribution in [0.4, 0.5) is 11.4 Å². The van der Waals surface area contributed by atoms with Gasteiger partial charge in [-0.2, -0.15) is 0 Å². The van der Waals surface area contributed by atoms with E-state index in [1.807, 2.05) is 84.9 Å². The van der Waals surface area contributed by atoms with E-state index in [9.17, 15) is 9.59 Å². The van der Waals surface area contributed by atoms with Crippen molar-refractivity contribution >= 4 is 23.2 Å². The molecule has 0 unspecified atom stereocenters. The number of nitrogens with one attached hydrogen (secondary N) is 2. The number of aromatic nitrogens is 2.